The van der Waals surface area contributed by atoms with Crippen molar-refractivity contribution < 1.29 is 9.90 Å². The van der Waals surface area contributed by atoms with Crippen molar-refractivity contribution in [2.45, 2.75) is 19.9 Å². The Morgan fingerprint density at radius 3 is 2.50 bits per heavy atom. The van der Waals surface area contributed by atoms with Gasteiger partial charge >= 0.3 is 5.97 Å². The highest BCUT2D eigenvalue weighted by Crippen LogP contribution is 2.17. The molecule has 100 valence electrons. The van der Waals surface area contributed by atoms with Crippen LogP contribution in [-0.2, 0) is 11.3 Å². The van der Waals surface area contributed by atoms with Gasteiger partial charge in [-0.2, -0.15) is 0 Å². The molecule has 2 heterocycles. The number of nitrogens with zero attached hydrogens (tertiary/aromatic N) is 2. The minimum atomic E-state index is -0.702. The Hall–Kier alpha value is -0.910. The Morgan fingerprint density at radius 1 is 1.28 bits per heavy atom. The van der Waals surface area contributed by atoms with Gasteiger partial charge < -0.3 is 10.0 Å². The van der Waals surface area contributed by atoms with E-state index in [9.17, 15) is 4.79 Å². The fourth-order valence-electron chi connectivity index (χ4n) is 2.22. The molecule has 4 nitrogen and oxygen atoms in total. The summed E-state index contributed by atoms with van der Waals surface area (Å²) in [5.41, 5.74) is 0. The topological polar surface area (TPSA) is 43.8 Å². The molecule has 0 unspecified atom stereocenters. The van der Waals surface area contributed by atoms with E-state index in [0.29, 0.717) is 6.54 Å². The van der Waals surface area contributed by atoms with Gasteiger partial charge in [0.1, 0.15) is 0 Å². The molecule has 0 aliphatic carbocycles. The van der Waals surface area contributed by atoms with Gasteiger partial charge in [-0.05, 0) is 19.1 Å². The fraction of sp³-hybridized carbons (Fsp3) is 0.615. The van der Waals surface area contributed by atoms with Crippen molar-refractivity contribution in [3.05, 3.63) is 21.9 Å². The summed E-state index contributed by atoms with van der Waals surface area (Å²) in [7, 11) is 0. The van der Waals surface area contributed by atoms with Gasteiger partial charge in [-0.1, -0.05) is 0 Å². The van der Waals surface area contributed by atoms with E-state index in [1.54, 1.807) is 0 Å². The van der Waals surface area contributed by atoms with Gasteiger partial charge in [0.15, 0.2) is 0 Å². The summed E-state index contributed by atoms with van der Waals surface area (Å²) in [6.45, 7) is 7.90. The Kier molecular flexibility index (Phi) is 4.74. The number of carboxylic acid groups (broad SMARTS) is 1. The maximum absolute atomic E-state index is 10.5. The van der Waals surface area contributed by atoms with Crippen molar-refractivity contribution in [3.8, 4) is 0 Å². The quantitative estimate of drug-likeness (QED) is 0.882. The van der Waals surface area contributed by atoms with Crippen LogP contribution in [0, 0.1) is 6.92 Å². The van der Waals surface area contributed by atoms with Gasteiger partial charge in [-0.25, -0.2) is 0 Å². The zero-order chi connectivity index (χ0) is 13.0. The van der Waals surface area contributed by atoms with Crippen molar-refractivity contribution >= 4 is 17.3 Å². The largest absolute Gasteiger partial charge is 0.481 e. The number of rotatable bonds is 5. The Balaban J connectivity index is 1.71. The van der Waals surface area contributed by atoms with Crippen LogP contribution in [0.5, 0.6) is 0 Å². The molecule has 1 aromatic rings. The van der Waals surface area contributed by atoms with Crippen LogP contribution < -0.4 is 0 Å². The molecule has 0 aromatic carbocycles. The van der Waals surface area contributed by atoms with E-state index in [4.69, 9.17) is 5.11 Å². The molecule has 18 heavy (non-hydrogen) atoms. The van der Waals surface area contributed by atoms with Crippen molar-refractivity contribution in [1.82, 2.24) is 9.80 Å². The second-order valence-electron chi connectivity index (χ2n) is 4.77. The molecule has 0 atom stereocenters. The molecule has 1 aliphatic rings. The molecule has 0 saturated carbocycles. The molecule has 0 radical (unpaired) electrons. The molecule has 1 saturated heterocycles. The number of carboxylic acids is 1. The minimum absolute atomic E-state index is 0.254. The van der Waals surface area contributed by atoms with Crippen molar-refractivity contribution in [1.29, 1.82) is 0 Å². The number of hydrogen-bond acceptors (Lipinski definition) is 4. The molecule has 0 spiro atoms. The van der Waals surface area contributed by atoms with E-state index in [1.165, 1.54) is 9.75 Å². The summed E-state index contributed by atoms with van der Waals surface area (Å²) < 4.78 is 0. The van der Waals surface area contributed by atoms with Crippen LogP contribution in [0.3, 0.4) is 0 Å². The molecule has 0 amide bonds. The normalized spacial score (nSPS) is 18.1. The summed E-state index contributed by atoms with van der Waals surface area (Å²) >= 11 is 1.86. The summed E-state index contributed by atoms with van der Waals surface area (Å²) in [6, 6.07) is 4.37. The number of aryl methyl sites for hydroxylation is 1. The molecule has 1 fully saturated rings. The number of hydrogen-bond donors (Lipinski definition) is 1. The molecule has 1 aromatic heterocycles. The lowest BCUT2D eigenvalue weighted by Crippen LogP contribution is -2.46. The van der Waals surface area contributed by atoms with Gasteiger partial charge in [0.2, 0.25) is 0 Å². The van der Waals surface area contributed by atoms with Crippen LogP contribution in [-0.4, -0.2) is 53.6 Å². The number of piperazine rings is 1. The summed E-state index contributed by atoms with van der Waals surface area (Å²) in [5.74, 6) is -0.702. The standard InChI is InChI=1S/C13H20N2O2S/c1-11-2-3-12(18-11)10-15-8-6-14(7-9-15)5-4-13(16)17/h2-3H,4-10H2,1H3,(H,16,17). The van der Waals surface area contributed by atoms with E-state index in [1.807, 2.05) is 11.3 Å². The molecule has 1 N–H and O–H groups in total. The highest BCUT2D eigenvalue weighted by Gasteiger charge is 2.17. The smallest absolute Gasteiger partial charge is 0.304 e. The third-order valence-corrected chi connectivity index (χ3v) is 4.27. The second-order valence-corrected chi connectivity index (χ2v) is 6.15. The molecular formula is C13H20N2O2S. The van der Waals surface area contributed by atoms with Crippen LogP contribution in [0.4, 0.5) is 0 Å². The maximum atomic E-state index is 10.5. The van der Waals surface area contributed by atoms with Crippen LogP contribution in [0.1, 0.15) is 16.2 Å². The predicted molar refractivity (Wildman–Crippen MR) is 73.0 cm³/mol. The number of carbonyl (C=O) groups is 1. The number of aliphatic carboxylic acids is 1. The Morgan fingerprint density at radius 2 is 1.94 bits per heavy atom. The molecule has 5 heteroatoms. The highest BCUT2D eigenvalue weighted by molar-refractivity contribution is 7.11. The Labute approximate surface area is 112 Å². The van der Waals surface area contributed by atoms with Gasteiger partial charge in [0.25, 0.3) is 0 Å². The van der Waals surface area contributed by atoms with Crippen molar-refractivity contribution in [2.75, 3.05) is 32.7 Å². The van der Waals surface area contributed by atoms with Crippen LogP contribution in [0.2, 0.25) is 0 Å². The predicted octanol–water partition coefficient (Wildman–Crippen LogP) is 1.65. The first-order valence-corrected chi connectivity index (χ1v) is 7.17. The number of thiophene rings is 1. The van der Waals surface area contributed by atoms with E-state index in [0.717, 1.165) is 32.7 Å². The van der Waals surface area contributed by atoms with E-state index < -0.39 is 5.97 Å². The third kappa shape index (κ3) is 4.08. The molecule has 2 rings (SSSR count). The van der Waals surface area contributed by atoms with E-state index in [-0.39, 0.29) is 6.42 Å². The molecule has 1 aliphatic heterocycles. The maximum Gasteiger partial charge on any atom is 0.304 e. The lowest BCUT2D eigenvalue weighted by atomic mass is 10.3. The summed E-state index contributed by atoms with van der Waals surface area (Å²) in [5, 5.41) is 8.66. The first kappa shape index (κ1) is 13.5. The van der Waals surface area contributed by atoms with Crippen LogP contribution in [0.25, 0.3) is 0 Å². The Bertz CT molecular complexity index is 397. The van der Waals surface area contributed by atoms with Gasteiger partial charge in [0, 0.05) is 49.0 Å². The first-order valence-electron chi connectivity index (χ1n) is 6.35. The van der Waals surface area contributed by atoms with Gasteiger partial charge in [-0.3, -0.25) is 9.69 Å². The lowest BCUT2D eigenvalue weighted by molar-refractivity contribution is -0.137. The monoisotopic (exact) mass is 268 g/mol. The first-order chi connectivity index (χ1) is 8.63. The minimum Gasteiger partial charge on any atom is -0.481 e. The third-order valence-electron chi connectivity index (χ3n) is 3.28. The highest BCUT2D eigenvalue weighted by atomic mass is 32.1. The zero-order valence-corrected chi connectivity index (χ0v) is 11.6. The van der Waals surface area contributed by atoms with Crippen molar-refractivity contribution in [2.24, 2.45) is 0 Å². The average Bonchev–Trinajstić information content (AvgIpc) is 2.74. The lowest BCUT2D eigenvalue weighted by Gasteiger charge is -2.34. The fourth-order valence-corrected chi connectivity index (χ4v) is 3.15. The second kappa shape index (κ2) is 6.31. The SMILES string of the molecule is Cc1ccc(CN2CCN(CCC(=O)O)CC2)s1. The molecule has 0 bridgehead atoms. The van der Waals surface area contributed by atoms with Crippen molar-refractivity contribution in [3.63, 3.8) is 0 Å². The van der Waals surface area contributed by atoms with E-state index >= 15 is 0 Å². The average molecular weight is 268 g/mol. The van der Waals surface area contributed by atoms with Gasteiger partial charge in [0.05, 0.1) is 6.42 Å². The molecular weight excluding hydrogens is 248 g/mol. The zero-order valence-electron chi connectivity index (χ0n) is 10.8. The van der Waals surface area contributed by atoms with E-state index in [2.05, 4.69) is 28.9 Å². The van der Waals surface area contributed by atoms with Crippen LogP contribution in [0.15, 0.2) is 12.1 Å². The van der Waals surface area contributed by atoms with Crippen LogP contribution >= 0.6 is 11.3 Å². The van der Waals surface area contributed by atoms with Gasteiger partial charge in [-0.15, -0.1) is 11.3 Å². The summed E-state index contributed by atoms with van der Waals surface area (Å²) in [4.78, 5) is 18.0. The summed E-state index contributed by atoms with van der Waals surface area (Å²) in [6.07, 6.45) is 0.254.